The summed E-state index contributed by atoms with van der Waals surface area (Å²) in [7, 11) is -4.85. The summed E-state index contributed by atoms with van der Waals surface area (Å²) in [6.45, 7) is 1.85. The number of hydrazine groups is 1. The molecule has 0 spiro atoms. The van der Waals surface area contributed by atoms with E-state index in [1.165, 1.54) is 13.0 Å². The lowest BCUT2D eigenvalue weighted by Crippen LogP contribution is -2.61. The van der Waals surface area contributed by atoms with E-state index in [1.807, 2.05) is 0 Å². The molecule has 29 heavy (non-hydrogen) atoms. The van der Waals surface area contributed by atoms with Crippen LogP contribution in [0.4, 0.5) is 0 Å². The van der Waals surface area contributed by atoms with Gasteiger partial charge in [0.05, 0.1) is 0 Å². The number of carbonyl (C=O) groups excluding carboxylic acids is 1. The van der Waals surface area contributed by atoms with Crippen LogP contribution < -0.4 is 26.8 Å². The molecule has 1 aromatic carbocycles. The lowest BCUT2D eigenvalue weighted by atomic mass is 9.91. The second kappa shape index (κ2) is 10.5. The van der Waals surface area contributed by atoms with E-state index in [2.05, 4.69) is 15.3 Å². The molecule has 0 aliphatic carbocycles. The van der Waals surface area contributed by atoms with Gasteiger partial charge in [-0.15, -0.1) is 0 Å². The van der Waals surface area contributed by atoms with Gasteiger partial charge < -0.3 is 25.8 Å². The average Bonchev–Trinajstić information content (AvgIpc) is 2.61. The SMILES string of the molecule is C[C@@](Cc1ccc(OP(=O)(O)O)c(O)c1)(NN)C(=O)N[C@@H](CCCCN)C(=O)O. The Morgan fingerprint density at radius 2 is 1.97 bits per heavy atom. The maximum atomic E-state index is 12.7. The van der Waals surface area contributed by atoms with Crippen LogP contribution in [0, 0.1) is 0 Å². The number of carboxylic acid groups (broad SMARTS) is 1. The molecule has 0 unspecified atom stereocenters. The molecule has 13 heteroatoms. The van der Waals surface area contributed by atoms with E-state index in [1.54, 1.807) is 0 Å². The fourth-order valence-electron chi connectivity index (χ4n) is 2.55. The highest BCUT2D eigenvalue weighted by atomic mass is 31.2. The summed E-state index contributed by atoms with van der Waals surface area (Å²) < 4.78 is 15.2. The van der Waals surface area contributed by atoms with Crippen molar-refractivity contribution in [3.8, 4) is 11.5 Å². The average molecular weight is 434 g/mol. The third-order valence-electron chi connectivity index (χ3n) is 4.17. The molecule has 0 heterocycles. The fourth-order valence-corrected chi connectivity index (χ4v) is 2.96. The Hall–Kier alpha value is -2.21. The van der Waals surface area contributed by atoms with E-state index in [9.17, 15) is 24.4 Å². The minimum absolute atomic E-state index is 0.0613. The number of amides is 1. The number of unbranched alkanes of at least 4 members (excludes halogenated alkanes) is 1. The van der Waals surface area contributed by atoms with Gasteiger partial charge in [0, 0.05) is 6.42 Å². The summed E-state index contributed by atoms with van der Waals surface area (Å²) in [6.07, 6.45) is 1.28. The van der Waals surface area contributed by atoms with E-state index in [0.29, 0.717) is 24.9 Å². The Morgan fingerprint density at radius 3 is 2.45 bits per heavy atom. The fraction of sp³-hybridized carbons (Fsp3) is 0.500. The van der Waals surface area contributed by atoms with E-state index in [4.69, 9.17) is 21.4 Å². The maximum Gasteiger partial charge on any atom is 0.524 e. The molecule has 0 aliphatic heterocycles. The number of hydrogen-bond donors (Lipinski definition) is 8. The molecule has 10 N–H and O–H groups in total. The first-order valence-electron chi connectivity index (χ1n) is 8.70. The molecule has 12 nitrogen and oxygen atoms in total. The van der Waals surface area contributed by atoms with Gasteiger partial charge in [-0.1, -0.05) is 6.07 Å². The Kier molecular flexibility index (Phi) is 9.02. The van der Waals surface area contributed by atoms with Crippen molar-refractivity contribution >= 4 is 19.7 Å². The number of rotatable bonds is 12. The van der Waals surface area contributed by atoms with Gasteiger partial charge in [-0.2, -0.15) is 0 Å². The highest BCUT2D eigenvalue weighted by molar-refractivity contribution is 7.46. The zero-order chi connectivity index (χ0) is 22.2. The van der Waals surface area contributed by atoms with Gasteiger partial charge in [-0.05, 0) is 50.4 Å². The van der Waals surface area contributed by atoms with E-state index in [-0.39, 0.29) is 12.8 Å². The van der Waals surface area contributed by atoms with E-state index < -0.39 is 42.8 Å². The van der Waals surface area contributed by atoms with Crippen LogP contribution >= 0.6 is 7.82 Å². The number of hydrogen-bond acceptors (Lipinski definition) is 8. The summed E-state index contributed by atoms with van der Waals surface area (Å²) in [6, 6.07) is 2.55. The number of phenols is 1. The Morgan fingerprint density at radius 1 is 1.31 bits per heavy atom. The normalized spacial score (nSPS) is 14.7. The predicted octanol–water partition coefficient (Wildman–Crippen LogP) is -0.673. The van der Waals surface area contributed by atoms with Crippen LogP contribution in [0.2, 0.25) is 0 Å². The van der Waals surface area contributed by atoms with Crippen molar-refractivity contribution in [3.05, 3.63) is 23.8 Å². The minimum Gasteiger partial charge on any atom is -0.504 e. The number of aromatic hydroxyl groups is 1. The Balaban J connectivity index is 2.93. The first kappa shape index (κ1) is 24.8. The topological polar surface area (TPSA) is 217 Å². The van der Waals surface area contributed by atoms with Crippen molar-refractivity contribution in [2.75, 3.05) is 6.54 Å². The lowest BCUT2D eigenvalue weighted by Gasteiger charge is -2.29. The number of carbonyl (C=O) groups is 2. The Bertz CT molecular complexity index is 771. The zero-order valence-electron chi connectivity index (χ0n) is 15.9. The highest BCUT2D eigenvalue weighted by Gasteiger charge is 2.35. The standard InChI is InChI=1S/C16H27N4O8P/c1-16(20-18,15(24)19-11(14(22)23)4-2-3-7-17)9-10-5-6-13(12(21)8-10)28-29(25,26)27/h5-6,8,11,20-21H,2-4,7,9,17-18H2,1H3,(H,19,24)(H,22,23)(H2,25,26,27)/t11-,16-/m0/s1. The minimum atomic E-state index is -4.85. The van der Waals surface area contributed by atoms with Crippen molar-refractivity contribution in [2.45, 2.75) is 44.2 Å². The second-order valence-corrected chi connectivity index (χ2v) is 7.85. The van der Waals surface area contributed by atoms with Crippen molar-refractivity contribution in [3.63, 3.8) is 0 Å². The molecule has 0 saturated carbocycles. The maximum absolute atomic E-state index is 12.7. The number of phenolic OH excluding ortho intramolecular Hbond substituents is 1. The summed E-state index contributed by atoms with van der Waals surface area (Å²) in [4.78, 5) is 41.7. The molecule has 1 aromatic rings. The number of carboxylic acids is 1. The van der Waals surface area contributed by atoms with Crippen LogP contribution in [0.3, 0.4) is 0 Å². The van der Waals surface area contributed by atoms with Crippen LogP contribution in [0.5, 0.6) is 11.5 Å². The summed E-state index contributed by atoms with van der Waals surface area (Å²) in [5, 5.41) is 21.6. The van der Waals surface area contributed by atoms with Gasteiger partial charge in [-0.3, -0.25) is 20.4 Å². The molecular weight excluding hydrogens is 407 g/mol. The van der Waals surface area contributed by atoms with Crippen molar-refractivity contribution in [1.82, 2.24) is 10.7 Å². The number of phosphoric acid groups is 1. The molecule has 2 atom stereocenters. The number of aliphatic carboxylic acids is 1. The molecule has 0 saturated heterocycles. The summed E-state index contributed by atoms with van der Waals surface area (Å²) in [5.41, 5.74) is 6.69. The third kappa shape index (κ3) is 7.97. The molecule has 164 valence electrons. The molecule has 1 amide bonds. The van der Waals surface area contributed by atoms with Gasteiger partial charge >= 0.3 is 13.8 Å². The van der Waals surface area contributed by atoms with Gasteiger partial charge in [0.25, 0.3) is 0 Å². The molecule has 0 bridgehead atoms. The van der Waals surface area contributed by atoms with Gasteiger partial charge in [0.2, 0.25) is 5.91 Å². The predicted molar refractivity (Wildman–Crippen MR) is 103 cm³/mol. The number of phosphoric ester groups is 1. The van der Waals surface area contributed by atoms with Crippen molar-refractivity contribution in [1.29, 1.82) is 0 Å². The van der Waals surface area contributed by atoms with Gasteiger partial charge in [0.15, 0.2) is 11.5 Å². The van der Waals surface area contributed by atoms with Crippen molar-refractivity contribution < 1.29 is 38.7 Å². The first-order chi connectivity index (χ1) is 13.4. The van der Waals surface area contributed by atoms with Gasteiger partial charge in [-0.25, -0.2) is 14.8 Å². The van der Waals surface area contributed by atoms with E-state index in [0.717, 1.165) is 12.1 Å². The molecule has 0 aliphatic rings. The molecule has 0 aromatic heterocycles. The number of nitrogens with two attached hydrogens (primary N) is 2. The molecule has 0 radical (unpaired) electrons. The van der Waals surface area contributed by atoms with Gasteiger partial charge in [0.1, 0.15) is 11.6 Å². The molecular formula is C16H27N4O8P. The van der Waals surface area contributed by atoms with Crippen molar-refractivity contribution in [2.24, 2.45) is 11.6 Å². The quantitative estimate of drug-likeness (QED) is 0.0892. The lowest BCUT2D eigenvalue weighted by molar-refractivity contribution is -0.143. The highest BCUT2D eigenvalue weighted by Crippen LogP contribution is 2.41. The monoisotopic (exact) mass is 434 g/mol. The molecule has 1 rings (SSSR count). The van der Waals surface area contributed by atoms with Crippen LogP contribution in [0.1, 0.15) is 31.7 Å². The third-order valence-corrected chi connectivity index (χ3v) is 4.60. The number of benzene rings is 1. The first-order valence-corrected chi connectivity index (χ1v) is 10.2. The van der Waals surface area contributed by atoms with Crippen LogP contribution in [0.15, 0.2) is 18.2 Å². The van der Waals surface area contributed by atoms with E-state index >= 15 is 0 Å². The largest absolute Gasteiger partial charge is 0.524 e. The zero-order valence-corrected chi connectivity index (χ0v) is 16.8. The van der Waals surface area contributed by atoms with Crippen LogP contribution in [-0.2, 0) is 20.6 Å². The summed E-state index contributed by atoms with van der Waals surface area (Å²) in [5.74, 6) is 2.68. The summed E-state index contributed by atoms with van der Waals surface area (Å²) >= 11 is 0. The molecule has 0 fully saturated rings. The van der Waals surface area contributed by atoms with Crippen LogP contribution in [0.25, 0.3) is 0 Å². The number of nitrogens with one attached hydrogen (secondary N) is 2. The smallest absolute Gasteiger partial charge is 0.504 e. The second-order valence-electron chi connectivity index (χ2n) is 6.69. The van der Waals surface area contributed by atoms with Crippen LogP contribution in [-0.4, -0.2) is 50.0 Å². The Labute approximate surface area is 167 Å².